The zero-order valence-corrected chi connectivity index (χ0v) is 12.1. The highest BCUT2D eigenvalue weighted by atomic mass is 79.9. The summed E-state index contributed by atoms with van der Waals surface area (Å²) in [6, 6.07) is 1.97. The first-order valence-corrected chi connectivity index (χ1v) is 7.01. The maximum atomic E-state index is 11.6. The Balaban J connectivity index is 2.19. The number of halogens is 1. The van der Waals surface area contributed by atoms with Crippen LogP contribution in [0.15, 0.2) is 22.1 Å². The van der Waals surface area contributed by atoms with Crippen molar-refractivity contribution in [2.45, 2.75) is 13.5 Å². The lowest BCUT2D eigenvalue weighted by atomic mass is 10.4. The summed E-state index contributed by atoms with van der Waals surface area (Å²) in [5.41, 5.74) is 6.25. The molecule has 0 aromatic carbocycles. The lowest BCUT2D eigenvalue weighted by Crippen LogP contribution is -2.09. The van der Waals surface area contributed by atoms with Crippen molar-refractivity contribution in [1.29, 1.82) is 0 Å². The number of anilines is 1. The van der Waals surface area contributed by atoms with Crippen molar-refractivity contribution in [3.05, 3.63) is 32.7 Å². The number of aromatic nitrogens is 2. The van der Waals surface area contributed by atoms with Gasteiger partial charge in [0.05, 0.1) is 18.8 Å². The molecular formula is C11H12BrN3O2S. The molecule has 0 fully saturated rings. The predicted molar refractivity (Wildman–Crippen MR) is 73.7 cm³/mol. The van der Waals surface area contributed by atoms with Crippen molar-refractivity contribution in [3.63, 3.8) is 0 Å². The van der Waals surface area contributed by atoms with E-state index in [9.17, 15) is 4.79 Å². The fraction of sp³-hybridized carbons (Fsp3) is 0.273. The molecule has 2 rings (SSSR count). The van der Waals surface area contributed by atoms with E-state index < -0.39 is 5.97 Å². The Hall–Kier alpha value is -1.34. The van der Waals surface area contributed by atoms with E-state index in [1.165, 1.54) is 0 Å². The highest BCUT2D eigenvalue weighted by Crippen LogP contribution is 2.24. The number of carbonyl (C=O) groups is 1. The number of carbonyl (C=O) groups excluding carboxylic acids is 1. The minimum Gasteiger partial charge on any atom is -0.461 e. The van der Waals surface area contributed by atoms with Gasteiger partial charge in [-0.25, -0.2) is 4.79 Å². The predicted octanol–water partition coefficient (Wildman–Crippen LogP) is 2.51. The van der Waals surface area contributed by atoms with E-state index in [4.69, 9.17) is 10.5 Å². The molecule has 7 heteroatoms. The molecule has 0 unspecified atom stereocenters. The standard InChI is InChI=1S/C11H12BrN3O2S/c1-2-17-11(16)10-8(13)5-15(14-10)6-9-7(12)3-4-18-9/h3-5H,2,6,13H2,1H3. The lowest BCUT2D eigenvalue weighted by Gasteiger charge is -1.99. The van der Waals surface area contributed by atoms with Crippen LogP contribution in [0.2, 0.25) is 0 Å². The second kappa shape index (κ2) is 5.53. The second-order valence-electron chi connectivity index (χ2n) is 3.54. The molecule has 0 aliphatic rings. The molecule has 0 aliphatic heterocycles. The third-order valence-electron chi connectivity index (χ3n) is 2.26. The van der Waals surface area contributed by atoms with Crippen molar-refractivity contribution >= 4 is 38.9 Å². The number of nitrogen functional groups attached to an aromatic ring is 1. The largest absolute Gasteiger partial charge is 0.461 e. The zero-order valence-electron chi connectivity index (χ0n) is 9.72. The van der Waals surface area contributed by atoms with E-state index in [-0.39, 0.29) is 5.69 Å². The molecule has 2 N–H and O–H groups in total. The van der Waals surface area contributed by atoms with Gasteiger partial charge in [-0.2, -0.15) is 5.10 Å². The van der Waals surface area contributed by atoms with E-state index in [1.807, 2.05) is 11.4 Å². The Labute approximate surface area is 117 Å². The van der Waals surface area contributed by atoms with Crippen molar-refractivity contribution in [1.82, 2.24) is 9.78 Å². The average Bonchev–Trinajstić information content (AvgIpc) is 2.87. The molecule has 0 atom stereocenters. The number of nitrogens with zero attached hydrogens (tertiary/aromatic N) is 2. The molecule has 0 spiro atoms. The molecule has 2 aromatic heterocycles. The number of hydrogen-bond donors (Lipinski definition) is 1. The Bertz CT molecular complexity index is 564. The van der Waals surface area contributed by atoms with Gasteiger partial charge in [0.1, 0.15) is 0 Å². The van der Waals surface area contributed by atoms with Crippen LogP contribution in [0.4, 0.5) is 5.69 Å². The van der Waals surface area contributed by atoms with Crippen LogP contribution in [0.3, 0.4) is 0 Å². The second-order valence-corrected chi connectivity index (χ2v) is 5.40. The summed E-state index contributed by atoms with van der Waals surface area (Å²) in [6.07, 6.45) is 1.64. The van der Waals surface area contributed by atoms with Crippen molar-refractivity contribution in [2.75, 3.05) is 12.3 Å². The zero-order chi connectivity index (χ0) is 13.1. The van der Waals surface area contributed by atoms with Gasteiger partial charge in [0.15, 0.2) is 5.69 Å². The van der Waals surface area contributed by atoms with Crippen LogP contribution in [0, 0.1) is 0 Å². The van der Waals surface area contributed by atoms with Crippen LogP contribution in [0.5, 0.6) is 0 Å². The fourth-order valence-electron chi connectivity index (χ4n) is 1.46. The van der Waals surface area contributed by atoms with Gasteiger partial charge in [0, 0.05) is 15.5 Å². The minimum atomic E-state index is -0.487. The first kappa shape index (κ1) is 13.1. The first-order chi connectivity index (χ1) is 8.61. The molecule has 96 valence electrons. The van der Waals surface area contributed by atoms with Crippen molar-refractivity contribution < 1.29 is 9.53 Å². The Morgan fingerprint density at radius 1 is 1.67 bits per heavy atom. The minimum absolute atomic E-state index is 0.171. The highest BCUT2D eigenvalue weighted by molar-refractivity contribution is 9.10. The average molecular weight is 330 g/mol. The van der Waals surface area contributed by atoms with E-state index in [0.29, 0.717) is 18.8 Å². The van der Waals surface area contributed by atoms with Gasteiger partial charge in [-0.15, -0.1) is 11.3 Å². The number of esters is 1. The van der Waals surface area contributed by atoms with Gasteiger partial charge >= 0.3 is 5.97 Å². The van der Waals surface area contributed by atoms with Crippen LogP contribution in [-0.2, 0) is 11.3 Å². The van der Waals surface area contributed by atoms with Crippen molar-refractivity contribution in [3.8, 4) is 0 Å². The van der Waals surface area contributed by atoms with E-state index in [1.54, 1.807) is 29.1 Å². The molecule has 2 heterocycles. The van der Waals surface area contributed by atoms with Gasteiger partial charge in [0.25, 0.3) is 0 Å². The maximum Gasteiger partial charge on any atom is 0.361 e. The molecule has 0 aliphatic carbocycles. The molecule has 0 bridgehead atoms. The summed E-state index contributed by atoms with van der Waals surface area (Å²) < 4.78 is 7.54. The molecule has 0 radical (unpaired) electrons. The molecule has 0 amide bonds. The van der Waals surface area contributed by atoms with Crippen molar-refractivity contribution in [2.24, 2.45) is 0 Å². The number of nitrogens with two attached hydrogens (primary N) is 1. The number of ether oxygens (including phenoxy) is 1. The summed E-state index contributed by atoms with van der Waals surface area (Å²) in [7, 11) is 0. The molecular weight excluding hydrogens is 318 g/mol. The quantitative estimate of drug-likeness (QED) is 0.875. The number of rotatable bonds is 4. The van der Waals surface area contributed by atoms with Gasteiger partial charge in [0.2, 0.25) is 0 Å². The highest BCUT2D eigenvalue weighted by Gasteiger charge is 2.16. The van der Waals surface area contributed by atoms with Crippen LogP contribution >= 0.6 is 27.3 Å². The first-order valence-electron chi connectivity index (χ1n) is 5.33. The Morgan fingerprint density at radius 3 is 3.06 bits per heavy atom. The van der Waals surface area contributed by atoms with Crippen LogP contribution < -0.4 is 5.73 Å². The van der Waals surface area contributed by atoms with Gasteiger partial charge in [-0.1, -0.05) is 0 Å². The Kier molecular flexibility index (Phi) is 4.03. The molecule has 2 aromatic rings. The molecule has 0 saturated heterocycles. The normalized spacial score (nSPS) is 10.6. The fourth-order valence-corrected chi connectivity index (χ4v) is 2.93. The van der Waals surface area contributed by atoms with E-state index in [2.05, 4.69) is 21.0 Å². The molecule has 0 saturated carbocycles. The Morgan fingerprint density at radius 2 is 2.44 bits per heavy atom. The van der Waals surface area contributed by atoms with Gasteiger partial charge in [-0.3, -0.25) is 4.68 Å². The third-order valence-corrected chi connectivity index (χ3v) is 4.17. The summed E-state index contributed by atoms with van der Waals surface area (Å²) >= 11 is 5.06. The van der Waals surface area contributed by atoms with Crippen LogP contribution in [0.25, 0.3) is 0 Å². The van der Waals surface area contributed by atoms with Crippen LogP contribution in [-0.4, -0.2) is 22.4 Å². The summed E-state index contributed by atoms with van der Waals surface area (Å²) in [6.45, 7) is 2.62. The summed E-state index contributed by atoms with van der Waals surface area (Å²) in [4.78, 5) is 12.7. The monoisotopic (exact) mass is 329 g/mol. The smallest absolute Gasteiger partial charge is 0.361 e. The molecule has 5 nitrogen and oxygen atoms in total. The summed E-state index contributed by atoms with van der Waals surface area (Å²) in [5.74, 6) is -0.487. The van der Waals surface area contributed by atoms with E-state index in [0.717, 1.165) is 9.35 Å². The number of hydrogen-bond acceptors (Lipinski definition) is 5. The summed E-state index contributed by atoms with van der Waals surface area (Å²) in [5, 5.41) is 6.13. The SMILES string of the molecule is CCOC(=O)c1nn(Cc2sccc2Br)cc1N. The topological polar surface area (TPSA) is 70.1 Å². The molecule has 18 heavy (non-hydrogen) atoms. The maximum absolute atomic E-state index is 11.6. The van der Waals surface area contributed by atoms with E-state index >= 15 is 0 Å². The van der Waals surface area contributed by atoms with Gasteiger partial charge < -0.3 is 10.5 Å². The number of thiophene rings is 1. The van der Waals surface area contributed by atoms with Gasteiger partial charge in [-0.05, 0) is 34.3 Å². The third kappa shape index (κ3) is 2.73. The lowest BCUT2D eigenvalue weighted by molar-refractivity contribution is 0.0519. The van der Waals surface area contributed by atoms with Crippen LogP contribution in [0.1, 0.15) is 22.3 Å².